The molecule has 0 saturated carbocycles. The number of fused-ring (bicyclic) bond motifs is 1. The summed E-state index contributed by atoms with van der Waals surface area (Å²) in [5, 5.41) is 7.22. The molecule has 0 radical (unpaired) electrons. The zero-order valence-corrected chi connectivity index (χ0v) is 14.2. The molecule has 0 unspecified atom stereocenters. The van der Waals surface area contributed by atoms with Gasteiger partial charge >= 0.3 is 0 Å². The van der Waals surface area contributed by atoms with Crippen molar-refractivity contribution < 1.29 is 9.53 Å². The van der Waals surface area contributed by atoms with Crippen molar-refractivity contribution in [2.24, 2.45) is 7.05 Å². The predicted octanol–water partition coefficient (Wildman–Crippen LogP) is 1.63. The van der Waals surface area contributed by atoms with Gasteiger partial charge < -0.3 is 10.1 Å². The third kappa shape index (κ3) is 3.83. The molecule has 1 aliphatic rings. The molecule has 0 bridgehead atoms. The highest BCUT2D eigenvalue weighted by atomic mass is 16.5. The summed E-state index contributed by atoms with van der Waals surface area (Å²) < 4.78 is 7.00. The highest BCUT2D eigenvalue weighted by molar-refractivity contribution is 5.76. The minimum Gasteiger partial charge on any atom is -0.382 e. The van der Waals surface area contributed by atoms with E-state index in [-0.39, 0.29) is 11.9 Å². The first kappa shape index (κ1) is 16.7. The molecule has 0 saturated heterocycles. The van der Waals surface area contributed by atoms with Crippen LogP contribution >= 0.6 is 0 Å². The van der Waals surface area contributed by atoms with Crippen molar-refractivity contribution in [3.05, 3.63) is 53.3 Å². The molecule has 3 rings (SSSR count). The molecule has 1 aromatic carbocycles. The molecule has 24 heavy (non-hydrogen) atoms. The zero-order chi connectivity index (χ0) is 16.9. The molecule has 0 spiro atoms. The molecule has 6 heteroatoms. The highest BCUT2D eigenvalue weighted by Gasteiger charge is 2.21. The molecule has 0 fully saturated rings. The van der Waals surface area contributed by atoms with Gasteiger partial charge in [-0.25, -0.2) is 0 Å². The second-order valence-electron chi connectivity index (χ2n) is 6.18. The van der Waals surface area contributed by atoms with E-state index in [0.29, 0.717) is 13.0 Å². The van der Waals surface area contributed by atoms with E-state index in [4.69, 9.17) is 4.74 Å². The van der Waals surface area contributed by atoms with E-state index in [1.165, 1.54) is 11.1 Å². The van der Waals surface area contributed by atoms with Crippen molar-refractivity contribution >= 4 is 5.91 Å². The Kier molecular flexibility index (Phi) is 5.27. The second kappa shape index (κ2) is 7.59. The lowest BCUT2D eigenvalue weighted by Gasteiger charge is -2.20. The number of nitrogens with zero attached hydrogens (tertiary/aromatic N) is 3. The van der Waals surface area contributed by atoms with Crippen molar-refractivity contribution in [1.29, 1.82) is 0 Å². The molecule has 1 N–H and O–H groups in total. The number of benzene rings is 1. The Morgan fingerprint density at radius 2 is 2.00 bits per heavy atom. The molecule has 1 amide bonds. The average molecular weight is 328 g/mol. The number of aryl methyl sites for hydroxylation is 1. The average Bonchev–Trinajstić information content (AvgIpc) is 3.18. The first-order valence-corrected chi connectivity index (χ1v) is 8.22. The standard InChI is InChI=1S/C18H24N4O2/c1-21-17(7-9-19-21)16(13-24-2)20-18(23)8-10-22-11-14-5-3-4-6-15(14)12-22/h3-7,9,16H,8,10-13H2,1-2H3,(H,20,23)/t16-/m0/s1. The molecular weight excluding hydrogens is 304 g/mol. The van der Waals surface area contributed by atoms with Gasteiger partial charge in [0.2, 0.25) is 5.91 Å². The quantitative estimate of drug-likeness (QED) is 0.839. The van der Waals surface area contributed by atoms with Gasteiger partial charge in [-0.05, 0) is 17.2 Å². The van der Waals surface area contributed by atoms with Crippen LogP contribution in [0, 0.1) is 0 Å². The number of amides is 1. The van der Waals surface area contributed by atoms with Crippen LogP contribution in [0.3, 0.4) is 0 Å². The molecule has 128 valence electrons. The Bertz CT molecular complexity index is 673. The Morgan fingerprint density at radius 3 is 2.58 bits per heavy atom. The van der Waals surface area contributed by atoms with Gasteiger partial charge in [-0.15, -0.1) is 0 Å². The molecule has 2 heterocycles. The largest absolute Gasteiger partial charge is 0.382 e. The van der Waals surface area contributed by atoms with Crippen molar-refractivity contribution in [3.63, 3.8) is 0 Å². The summed E-state index contributed by atoms with van der Waals surface area (Å²) in [6.45, 7) is 3.03. The Hall–Kier alpha value is -2.18. The number of nitrogens with one attached hydrogen (secondary N) is 1. The number of hydrogen-bond acceptors (Lipinski definition) is 4. The fraction of sp³-hybridized carbons (Fsp3) is 0.444. The van der Waals surface area contributed by atoms with Gasteiger partial charge in [0.25, 0.3) is 0 Å². The minimum absolute atomic E-state index is 0.0363. The number of aromatic nitrogens is 2. The number of carbonyl (C=O) groups excluding carboxylic acids is 1. The van der Waals surface area contributed by atoms with E-state index in [0.717, 1.165) is 25.3 Å². The maximum Gasteiger partial charge on any atom is 0.221 e. The third-order valence-corrected chi connectivity index (χ3v) is 4.45. The Balaban J connectivity index is 1.51. The maximum atomic E-state index is 12.3. The van der Waals surface area contributed by atoms with Gasteiger partial charge in [0.15, 0.2) is 0 Å². The van der Waals surface area contributed by atoms with E-state index in [2.05, 4.69) is 39.6 Å². The topological polar surface area (TPSA) is 59.4 Å². The van der Waals surface area contributed by atoms with Gasteiger partial charge in [-0.3, -0.25) is 14.4 Å². The predicted molar refractivity (Wildman–Crippen MR) is 91.1 cm³/mol. The third-order valence-electron chi connectivity index (χ3n) is 4.45. The van der Waals surface area contributed by atoms with Gasteiger partial charge in [0, 0.05) is 46.4 Å². The van der Waals surface area contributed by atoms with E-state index >= 15 is 0 Å². The van der Waals surface area contributed by atoms with Crippen molar-refractivity contribution in [1.82, 2.24) is 20.0 Å². The van der Waals surface area contributed by atoms with Crippen LogP contribution in [0.25, 0.3) is 0 Å². The normalized spacial score (nSPS) is 15.2. The van der Waals surface area contributed by atoms with Gasteiger partial charge in [-0.1, -0.05) is 24.3 Å². The maximum absolute atomic E-state index is 12.3. The summed E-state index contributed by atoms with van der Waals surface area (Å²) in [5.74, 6) is 0.0363. The van der Waals surface area contributed by atoms with E-state index in [9.17, 15) is 4.79 Å². The number of hydrogen-bond donors (Lipinski definition) is 1. The van der Waals surface area contributed by atoms with Gasteiger partial charge in [0.1, 0.15) is 0 Å². The summed E-state index contributed by atoms with van der Waals surface area (Å²) in [6, 6.07) is 10.2. The van der Waals surface area contributed by atoms with Crippen LogP contribution in [-0.4, -0.2) is 40.8 Å². The van der Waals surface area contributed by atoms with E-state index < -0.39 is 0 Å². The number of carbonyl (C=O) groups is 1. The van der Waals surface area contributed by atoms with Gasteiger partial charge in [-0.2, -0.15) is 5.10 Å². The molecule has 1 aromatic heterocycles. The fourth-order valence-corrected chi connectivity index (χ4v) is 3.18. The fourth-order valence-electron chi connectivity index (χ4n) is 3.18. The summed E-state index contributed by atoms with van der Waals surface area (Å²) >= 11 is 0. The smallest absolute Gasteiger partial charge is 0.221 e. The number of rotatable bonds is 7. The molecule has 6 nitrogen and oxygen atoms in total. The van der Waals surface area contributed by atoms with Crippen LogP contribution in [0.15, 0.2) is 36.5 Å². The van der Waals surface area contributed by atoms with Gasteiger partial charge in [0.05, 0.1) is 18.3 Å². The van der Waals surface area contributed by atoms with Crippen molar-refractivity contribution in [3.8, 4) is 0 Å². The van der Waals surface area contributed by atoms with Crippen LogP contribution < -0.4 is 5.32 Å². The highest BCUT2D eigenvalue weighted by Crippen LogP contribution is 2.22. The lowest BCUT2D eigenvalue weighted by Crippen LogP contribution is -2.34. The number of methoxy groups -OCH3 is 1. The summed E-state index contributed by atoms with van der Waals surface area (Å²) in [5.41, 5.74) is 3.67. The Morgan fingerprint density at radius 1 is 1.29 bits per heavy atom. The molecular formula is C18H24N4O2. The first-order chi connectivity index (χ1) is 11.7. The summed E-state index contributed by atoms with van der Waals surface area (Å²) in [7, 11) is 3.50. The zero-order valence-electron chi connectivity index (χ0n) is 14.2. The molecule has 2 aromatic rings. The molecule has 1 aliphatic heterocycles. The van der Waals surface area contributed by atoms with Crippen LogP contribution in [0.2, 0.25) is 0 Å². The van der Waals surface area contributed by atoms with Crippen molar-refractivity contribution in [2.75, 3.05) is 20.3 Å². The van der Waals surface area contributed by atoms with Crippen LogP contribution in [0.1, 0.15) is 29.3 Å². The van der Waals surface area contributed by atoms with E-state index in [1.807, 2.05) is 13.1 Å². The first-order valence-electron chi connectivity index (χ1n) is 8.22. The lowest BCUT2D eigenvalue weighted by atomic mass is 10.1. The van der Waals surface area contributed by atoms with Crippen molar-refractivity contribution in [2.45, 2.75) is 25.6 Å². The van der Waals surface area contributed by atoms with Crippen LogP contribution in [-0.2, 0) is 29.7 Å². The summed E-state index contributed by atoms with van der Waals surface area (Å²) in [4.78, 5) is 14.6. The molecule has 1 atom stereocenters. The second-order valence-corrected chi connectivity index (χ2v) is 6.18. The van der Waals surface area contributed by atoms with Crippen LogP contribution in [0.4, 0.5) is 0 Å². The SMILES string of the molecule is COC[C@H](NC(=O)CCN1Cc2ccccc2C1)c1ccnn1C. The van der Waals surface area contributed by atoms with Crippen LogP contribution in [0.5, 0.6) is 0 Å². The number of ether oxygens (including phenoxy) is 1. The van der Waals surface area contributed by atoms with E-state index in [1.54, 1.807) is 18.0 Å². The molecule has 0 aliphatic carbocycles. The monoisotopic (exact) mass is 328 g/mol. The summed E-state index contributed by atoms with van der Waals surface area (Å²) in [6.07, 6.45) is 2.21. The lowest BCUT2D eigenvalue weighted by molar-refractivity contribution is -0.122. The Labute approximate surface area is 142 Å². The minimum atomic E-state index is -0.175.